The van der Waals surface area contributed by atoms with Crippen LogP contribution in [-0.2, 0) is 22.4 Å². The maximum atomic E-state index is 12.5. The molecule has 0 unspecified atom stereocenters. The Morgan fingerprint density at radius 1 is 1.30 bits per heavy atom. The van der Waals surface area contributed by atoms with Crippen LogP contribution in [0, 0.1) is 5.92 Å². The molecule has 1 heterocycles. The van der Waals surface area contributed by atoms with Crippen molar-refractivity contribution < 1.29 is 19.1 Å². The highest BCUT2D eigenvalue weighted by atomic mass is 79.9. The van der Waals surface area contributed by atoms with Crippen LogP contribution < -0.4 is 10.1 Å². The second-order valence-corrected chi connectivity index (χ2v) is 8.59. The maximum absolute atomic E-state index is 12.5. The van der Waals surface area contributed by atoms with Gasteiger partial charge in [0.25, 0.3) is 5.91 Å². The van der Waals surface area contributed by atoms with Gasteiger partial charge in [0, 0.05) is 9.35 Å². The van der Waals surface area contributed by atoms with Gasteiger partial charge in [0.1, 0.15) is 10.8 Å². The number of hydrogen-bond acceptors (Lipinski definition) is 5. The third-order valence-electron chi connectivity index (χ3n) is 4.43. The van der Waals surface area contributed by atoms with Crippen molar-refractivity contribution >= 4 is 44.1 Å². The summed E-state index contributed by atoms with van der Waals surface area (Å²) in [5.74, 6) is 0.526. The highest BCUT2D eigenvalue weighted by Crippen LogP contribution is 2.40. The summed E-state index contributed by atoms with van der Waals surface area (Å²) in [5.41, 5.74) is 1.54. The molecule has 0 radical (unpaired) electrons. The van der Waals surface area contributed by atoms with Crippen molar-refractivity contribution in [2.24, 2.45) is 5.92 Å². The molecule has 1 aliphatic carbocycles. The van der Waals surface area contributed by atoms with Gasteiger partial charge >= 0.3 is 5.97 Å². The first kappa shape index (κ1) is 19.9. The zero-order valence-corrected chi connectivity index (χ0v) is 17.7. The summed E-state index contributed by atoms with van der Waals surface area (Å²) in [4.78, 5) is 26.0. The summed E-state index contributed by atoms with van der Waals surface area (Å²) in [7, 11) is 0. The number of carbonyl (C=O) groups is 2. The molecule has 2 aromatic rings. The first-order valence-electron chi connectivity index (χ1n) is 8.97. The normalized spacial score (nSPS) is 15.7. The minimum atomic E-state index is -0.367. The molecule has 7 heteroatoms. The van der Waals surface area contributed by atoms with E-state index < -0.39 is 0 Å². The van der Waals surface area contributed by atoms with E-state index in [4.69, 9.17) is 9.47 Å². The summed E-state index contributed by atoms with van der Waals surface area (Å²) in [6.45, 7) is 4.17. The van der Waals surface area contributed by atoms with Gasteiger partial charge in [0.05, 0.1) is 12.2 Å². The molecule has 1 atom stereocenters. The second-order valence-electron chi connectivity index (χ2n) is 6.57. The molecule has 5 nitrogen and oxygen atoms in total. The Balaban J connectivity index is 1.73. The van der Waals surface area contributed by atoms with Crippen LogP contribution in [0.2, 0.25) is 0 Å². The molecular formula is C20H22BrNO4S. The Hall–Kier alpha value is -1.86. The zero-order valence-electron chi connectivity index (χ0n) is 15.3. The van der Waals surface area contributed by atoms with Gasteiger partial charge in [-0.15, -0.1) is 11.3 Å². The predicted octanol–water partition coefficient (Wildman–Crippen LogP) is 4.83. The number of thiophene rings is 1. The van der Waals surface area contributed by atoms with Crippen molar-refractivity contribution in [3.05, 3.63) is 44.7 Å². The van der Waals surface area contributed by atoms with Crippen LogP contribution in [-0.4, -0.2) is 25.1 Å². The van der Waals surface area contributed by atoms with Crippen molar-refractivity contribution in [3.63, 3.8) is 0 Å². The largest absolute Gasteiger partial charge is 0.484 e. The van der Waals surface area contributed by atoms with Gasteiger partial charge in [-0.2, -0.15) is 0 Å². The molecule has 1 N–H and O–H groups in total. The lowest BCUT2D eigenvalue weighted by Gasteiger charge is -2.18. The van der Waals surface area contributed by atoms with Crippen LogP contribution in [0.3, 0.4) is 0 Å². The number of amides is 1. The Kier molecular flexibility index (Phi) is 6.55. The summed E-state index contributed by atoms with van der Waals surface area (Å²) < 4.78 is 11.7. The fourth-order valence-electron chi connectivity index (χ4n) is 3.10. The smallest absolute Gasteiger partial charge is 0.341 e. The lowest BCUT2D eigenvalue weighted by Crippen LogP contribution is -2.21. The fourth-order valence-corrected chi connectivity index (χ4v) is 4.78. The molecule has 1 aromatic heterocycles. The molecular weight excluding hydrogens is 430 g/mol. The Morgan fingerprint density at radius 2 is 2.04 bits per heavy atom. The summed E-state index contributed by atoms with van der Waals surface area (Å²) in [6, 6.07) is 7.26. The SMILES string of the molecule is CCOC(=O)c1c(NC(=O)COc2ccc(Br)cc2)sc2c1CC[C@@H](C)C2. The number of esters is 1. The van der Waals surface area contributed by atoms with E-state index in [-0.39, 0.29) is 18.5 Å². The van der Waals surface area contributed by atoms with Crippen LogP contribution in [0.5, 0.6) is 5.75 Å². The van der Waals surface area contributed by atoms with Crippen LogP contribution in [0.25, 0.3) is 0 Å². The highest BCUT2D eigenvalue weighted by Gasteiger charge is 2.29. The van der Waals surface area contributed by atoms with Crippen LogP contribution >= 0.6 is 27.3 Å². The van der Waals surface area contributed by atoms with E-state index >= 15 is 0 Å². The third kappa shape index (κ3) is 4.90. The van der Waals surface area contributed by atoms with Gasteiger partial charge in [-0.3, -0.25) is 4.79 Å². The molecule has 0 aliphatic heterocycles. The lowest BCUT2D eigenvalue weighted by atomic mass is 9.88. The van der Waals surface area contributed by atoms with E-state index in [1.54, 1.807) is 19.1 Å². The molecule has 3 rings (SSSR count). The first-order chi connectivity index (χ1) is 13.0. The average molecular weight is 452 g/mol. The zero-order chi connectivity index (χ0) is 19.4. The van der Waals surface area contributed by atoms with Crippen molar-refractivity contribution in [2.45, 2.75) is 33.1 Å². The van der Waals surface area contributed by atoms with E-state index in [0.717, 1.165) is 29.3 Å². The number of anilines is 1. The van der Waals surface area contributed by atoms with Gasteiger partial charge in [0.15, 0.2) is 6.61 Å². The quantitative estimate of drug-likeness (QED) is 0.638. The van der Waals surface area contributed by atoms with Crippen molar-refractivity contribution in [2.75, 3.05) is 18.5 Å². The molecule has 0 saturated heterocycles. The van der Waals surface area contributed by atoms with Crippen molar-refractivity contribution in [1.29, 1.82) is 0 Å². The first-order valence-corrected chi connectivity index (χ1v) is 10.6. The molecule has 1 aromatic carbocycles. The Bertz CT molecular complexity index is 831. The predicted molar refractivity (Wildman–Crippen MR) is 110 cm³/mol. The van der Waals surface area contributed by atoms with E-state index in [0.29, 0.717) is 28.8 Å². The molecule has 0 saturated carbocycles. The molecule has 0 fully saturated rings. The van der Waals surface area contributed by atoms with Gasteiger partial charge < -0.3 is 14.8 Å². The number of rotatable bonds is 6. The standard InChI is InChI=1S/C20H22BrNO4S/c1-3-25-20(24)18-15-9-4-12(2)10-16(15)27-19(18)22-17(23)11-26-14-7-5-13(21)6-8-14/h5-8,12H,3-4,9-11H2,1-2H3,(H,22,23)/t12-/m1/s1. The van der Waals surface area contributed by atoms with Gasteiger partial charge in [-0.25, -0.2) is 4.79 Å². The number of hydrogen-bond donors (Lipinski definition) is 1. The Morgan fingerprint density at radius 3 is 2.74 bits per heavy atom. The number of ether oxygens (including phenoxy) is 2. The molecule has 1 amide bonds. The number of halogens is 1. The van der Waals surface area contributed by atoms with E-state index in [1.807, 2.05) is 12.1 Å². The maximum Gasteiger partial charge on any atom is 0.341 e. The van der Waals surface area contributed by atoms with Crippen LogP contribution in [0.15, 0.2) is 28.7 Å². The second kappa shape index (κ2) is 8.89. The van der Waals surface area contributed by atoms with Gasteiger partial charge in [-0.1, -0.05) is 22.9 Å². The van der Waals surface area contributed by atoms with Crippen LogP contribution in [0.4, 0.5) is 5.00 Å². The minimum Gasteiger partial charge on any atom is -0.484 e. The summed E-state index contributed by atoms with van der Waals surface area (Å²) in [6.07, 6.45) is 2.81. The summed E-state index contributed by atoms with van der Waals surface area (Å²) >= 11 is 4.84. The number of nitrogens with one attached hydrogen (secondary N) is 1. The highest BCUT2D eigenvalue weighted by molar-refractivity contribution is 9.10. The molecule has 0 bridgehead atoms. The van der Waals surface area contributed by atoms with E-state index in [9.17, 15) is 9.59 Å². The number of benzene rings is 1. The molecule has 144 valence electrons. The number of carbonyl (C=O) groups excluding carboxylic acids is 2. The topological polar surface area (TPSA) is 64.6 Å². The van der Waals surface area contributed by atoms with E-state index in [1.165, 1.54) is 16.2 Å². The third-order valence-corrected chi connectivity index (χ3v) is 6.13. The van der Waals surface area contributed by atoms with E-state index in [2.05, 4.69) is 28.2 Å². The monoisotopic (exact) mass is 451 g/mol. The molecule has 0 spiro atoms. The average Bonchev–Trinajstić information content (AvgIpc) is 2.98. The van der Waals surface area contributed by atoms with Crippen molar-refractivity contribution in [3.8, 4) is 5.75 Å². The van der Waals surface area contributed by atoms with Crippen molar-refractivity contribution in [1.82, 2.24) is 0 Å². The van der Waals surface area contributed by atoms with Gasteiger partial charge in [-0.05, 0) is 61.9 Å². The summed E-state index contributed by atoms with van der Waals surface area (Å²) in [5, 5.41) is 3.41. The Labute approximate surface area is 171 Å². The van der Waals surface area contributed by atoms with Gasteiger partial charge in [0.2, 0.25) is 0 Å². The van der Waals surface area contributed by atoms with Crippen LogP contribution in [0.1, 0.15) is 41.1 Å². The lowest BCUT2D eigenvalue weighted by molar-refractivity contribution is -0.118. The fraction of sp³-hybridized carbons (Fsp3) is 0.400. The molecule has 27 heavy (non-hydrogen) atoms. The number of fused-ring (bicyclic) bond motifs is 1. The minimum absolute atomic E-state index is 0.122. The molecule has 1 aliphatic rings.